The van der Waals surface area contributed by atoms with Gasteiger partial charge in [0.05, 0.1) is 25.0 Å². The molecule has 0 radical (unpaired) electrons. The third-order valence-corrected chi connectivity index (χ3v) is 3.80. The molecule has 0 aliphatic carbocycles. The minimum atomic E-state index is -0.993. The summed E-state index contributed by atoms with van der Waals surface area (Å²) in [5.74, 6) is -1.64. The number of rotatable bonds is 3. The van der Waals surface area contributed by atoms with Crippen LogP contribution in [0.15, 0.2) is 12.4 Å². The number of likely N-dealkylation sites (tertiary alicyclic amines) is 1. The van der Waals surface area contributed by atoms with Gasteiger partial charge in [-0.15, -0.1) is 0 Å². The van der Waals surface area contributed by atoms with Crippen molar-refractivity contribution in [2.45, 2.75) is 25.2 Å². The van der Waals surface area contributed by atoms with Gasteiger partial charge in [-0.3, -0.25) is 14.3 Å². The summed E-state index contributed by atoms with van der Waals surface area (Å²) in [5.41, 5.74) is 0.403. The van der Waals surface area contributed by atoms with E-state index in [0.29, 0.717) is 44.7 Å². The number of carboxylic acids is 1. The Hall–Kier alpha value is -1.93. The van der Waals surface area contributed by atoms with Crippen LogP contribution in [0.2, 0.25) is 0 Å². The Balaban J connectivity index is 1.61. The molecule has 3 rings (SSSR count). The highest BCUT2D eigenvalue weighted by molar-refractivity contribution is 5.93. The molecule has 0 unspecified atom stereocenters. The molecular formula is C13H17N3O5. The molecule has 1 N–H and O–H groups in total. The van der Waals surface area contributed by atoms with E-state index >= 15 is 0 Å². The number of hydrogen-bond acceptors (Lipinski definition) is 5. The highest BCUT2D eigenvalue weighted by atomic mass is 16.7. The fourth-order valence-corrected chi connectivity index (χ4v) is 2.72. The van der Waals surface area contributed by atoms with Crippen molar-refractivity contribution >= 4 is 11.9 Å². The molecule has 0 saturated carbocycles. The molecule has 1 aromatic heterocycles. The Morgan fingerprint density at radius 2 is 1.95 bits per heavy atom. The lowest BCUT2D eigenvalue weighted by molar-refractivity contribution is -0.181. The molecular weight excluding hydrogens is 278 g/mol. The average molecular weight is 295 g/mol. The molecule has 1 amide bonds. The van der Waals surface area contributed by atoms with E-state index in [1.807, 2.05) is 0 Å². The zero-order valence-corrected chi connectivity index (χ0v) is 11.5. The summed E-state index contributed by atoms with van der Waals surface area (Å²) in [6, 6.07) is 0. The third kappa shape index (κ3) is 2.91. The highest BCUT2D eigenvalue weighted by Gasteiger charge is 2.40. The molecule has 1 spiro atoms. The number of aromatic nitrogens is 2. The molecule has 2 fully saturated rings. The van der Waals surface area contributed by atoms with Crippen LogP contribution in [0.3, 0.4) is 0 Å². The quantitative estimate of drug-likeness (QED) is 0.840. The first-order valence-electron chi connectivity index (χ1n) is 6.89. The molecule has 0 atom stereocenters. The summed E-state index contributed by atoms with van der Waals surface area (Å²) in [6.07, 6.45) is 4.17. The second kappa shape index (κ2) is 5.45. The first-order chi connectivity index (χ1) is 10.1. The number of hydrogen-bond donors (Lipinski definition) is 1. The monoisotopic (exact) mass is 295 g/mol. The average Bonchev–Trinajstić information content (AvgIpc) is 3.09. The summed E-state index contributed by atoms with van der Waals surface area (Å²) in [6.45, 7) is 2.08. The Kier molecular flexibility index (Phi) is 3.64. The highest BCUT2D eigenvalue weighted by Crippen LogP contribution is 2.31. The number of aliphatic carboxylic acids is 1. The first-order valence-corrected chi connectivity index (χ1v) is 6.89. The van der Waals surface area contributed by atoms with Crippen LogP contribution in [0, 0.1) is 0 Å². The van der Waals surface area contributed by atoms with Crippen LogP contribution < -0.4 is 0 Å². The molecule has 1 aromatic rings. The zero-order chi connectivity index (χ0) is 14.9. The van der Waals surface area contributed by atoms with Gasteiger partial charge in [0.1, 0.15) is 6.54 Å². The number of carbonyl (C=O) groups excluding carboxylic acids is 1. The van der Waals surface area contributed by atoms with Crippen LogP contribution in [0.4, 0.5) is 0 Å². The lowest BCUT2D eigenvalue weighted by Gasteiger charge is -2.37. The van der Waals surface area contributed by atoms with Crippen LogP contribution in [0.25, 0.3) is 0 Å². The fraction of sp³-hybridized carbons (Fsp3) is 0.615. The topological polar surface area (TPSA) is 93.9 Å². The van der Waals surface area contributed by atoms with Crippen molar-refractivity contribution in [1.29, 1.82) is 0 Å². The summed E-state index contributed by atoms with van der Waals surface area (Å²) in [5, 5.41) is 12.6. The maximum atomic E-state index is 12.3. The van der Waals surface area contributed by atoms with Gasteiger partial charge in [0, 0.05) is 32.1 Å². The maximum Gasteiger partial charge on any atom is 0.325 e. The number of piperidine rings is 1. The van der Waals surface area contributed by atoms with Gasteiger partial charge in [-0.25, -0.2) is 0 Å². The van der Waals surface area contributed by atoms with E-state index < -0.39 is 11.8 Å². The van der Waals surface area contributed by atoms with E-state index in [0.717, 1.165) is 0 Å². The lowest BCUT2D eigenvalue weighted by atomic mass is 10.0. The predicted molar refractivity (Wildman–Crippen MR) is 69.6 cm³/mol. The first kappa shape index (κ1) is 14.0. The Bertz CT molecular complexity index is 540. The van der Waals surface area contributed by atoms with Crippen molar-refractivity contribution < 1.29 is 24.2 Å². The van der Waals surface area contributed by atoms with Gasteiger partial charge in [0.2, 0.25) is 0 Å². The zero-order valence-electron chi connectivity index (χ0n) is 11.5. The molecule has 2 aliphatic heterocycles. The van der Waals surface area contributed by atoms with Crippen molar-refractivity contribution in [3.05, 3.63) is 18.0 Å². The van der Waals surface area contributed by atoms with E-state index in [9.17, 15) is 9.59 Å². The predicted octanol–water partition coefficient (Wildman–Crippen LogP) is -0.0532. The van der Waals surface area contributed by atoms with Gasteiger partial charge in [0.15, 0.2) is 5.79 Å². The number of carbonyl (C=O) groups is 2. The SMILES string of the molecule is O=C(O)Cn1cc(C(=O)N2CCC3(CC2)OCCO3)cn1. The third-order valence-electron chi connectivity index (χ3n) is 3.80. The normalized spacial score (nSPS) is 20.9. The minimum Gasteiger partial charge on any atom is -0.480 e. The van der Waals surface area contributed by atoms with Gasteiger partial charge >= 0.3 is 5.97 Å². The van der Waals surface area contributed by atoms with Crippen molar-refractivity contribution in [3.63, 3.8) is 0 Å². The standard InChI is InChI=1S/C13H17N3O5/c17-11(18)9-16-8-10(7-14-16)12(19)15-3-1-13(2-4-15)20-5-6-21-13/h7-8H,1-6,9H2,(H,17,18). The van der Waals surface area contributed by atoms with Gasteiger partial charge in [0.25, 0.3) is 5.91 Å². The molecule has 3 heterocycles. The van der Waals surface area contributed by atoms with Crippen LogP contribution in [-0.4, -0.2) is 63.8 Å². The smallest absolute Gasteiger partial charge is 0.325 e. The van der Waals surface area contributed by atoms with Crippen molar-refractivity contribution in [3.8, 4) is 0 Å². The molecule has 8 nitrogen and oxygen atoms in total. The molecule has 0 aromatic carbocycles. The summed E-state index contributed by atoms with van der Waals surface area (Å²) >= 11 is 0. The fourth-order valence-electron chi connectivity index (χ4n) is 2.72. The van der Waals surface area contributed by atoms with E-state index in [1.54, 1.807) is 4.90 Å². The second-order valence-corrected chi connectivity index (χ2v) is 5.22. The molecule has 2 saturated heterocycles. The number of carboxylic acid groups (broad SMARTS) is 1. The van der Waals surface area contributed by atoms with E-state index in [4.69, 9.17) is 14.6 Å². The van der Waals surface area contributed by atoms with Gasteiger partial charge < -0.3 is 19.5 Å². The number of ether oxygens (including phenoxy) is 2. The Labute approximate surface area is 121 Å². The van der Waals surface area contributed by atoms with Crippen molar-refractivity contribution in [2.24, 2.45) is 0 Å². The molecule has 2 aliphatic rings. The van der Waals surface area contributed by atoms with Crippen LogP contribution in [-0.2, 0) is 20.8 Å². The largest absolute Gasteiger partial charge is 0.480 e. The van der Waals surface area contributed by atoms with Crippen LogP contribution in [0.1, 0.15) is 23.2 Å². The Morgan fingerprint density at radius 1 is 1.29 bits per heavy atom. The molecule has 114 valence electrons. The van der Waals surface area contributed by atoms with Gasteiger partial charge in [-0.05, 0) is 0 Å². The van der Waals surface area contributed by atoms with Crippen molar-refractivity contribution in [1.82, 2.24) is 14.7 Å². The summed E-state index contributed by atoms with van der Waals surface area (Å²) < 4.78 is 12.5. The lowest BCUT2D eigenvalue weighted by Crippen LogP contribution is -2.47. The van der Waals surface area contributed by atoms with E-state index in [1.165, 1.54) is 17.1 Å². The molecule has 8 heteroatoms. The van der Waals surface area contributed by atoms with Crippen LogP contribution in [0.5, 0.6) is 0 Å². The minimum absolute atomic E-state index is 0.139. The number of amides is 1. The van der Waals surface area contributed by atoms with Gasteiger partial charge in [-0.2, -0.15) is 5.10 Å². The maximum absolute atomic E-state index is 12.3. The van der Waals surface area contributed by atoms with Crippen molar-refractivity contribution in [2.75, 3.05) is 26.3 Å². The number of nitrogens with zero attached hydrogens (tertiary/aromatic N) is 3. The van der Waals surface area contributed by atoms with E-state index in [-0.39, 0.29) is 12.5 Å². The van der Waals surface area contributed by atoms with Gasteiger partial charge in [-0.1, -0.05) is 0 Å². The second-order valence-electron chi connectivity index (χ2n) is 5.22. The molecule has 0 bridgehead atoms. The van der Waals surface area contributed by atoms with E-state index in [2.05, 4.69) is 5.10 Å². The summed E-state index contributed by atoms with van der Waals surface area (Å²) in [4.78, 5) is 24.7. The van der Waals surface area contributed by atoms with Crippen LogP contribution >= 0.6 is 0 Å². The Morgan fingerprint density at radius 3 is 2.57 bits per heavy atom. The molecule has 21 heavy (non-hydrogen) atoms. The summed E-state index contributed by atoms with van der Waals surface area (Å²) in [7, 11) is 0.